The molecule has 1 aliphatic rings. The Labute approximate surface area is 184 Å². The lowest BCUT2D eigenvalue weighted by molar-refractivity contribution is 0.0663. The van der Waals surface area contributed by atoms with Crippen molar-refractivity contribution in [1.29, 1.82) is 0 Å². The molecule has 4 rings (SSSR count). The van der Waals surface area contributed by atoms with Crippen molar-refractivity contribution in [1.82, 2.24) is 20.1 Å². The summed E-state index contributed by atoms with van der Waals surface area (Å²) in [5.74, 6) is 0.222. The summed E-state index contributed by atoms with van der Waals surface area (Å²) in [7, 11) is 0. The molecule has 1 aromatic heterocycles. The number of hydrogen-bond donors (Lipinski definition) is 4. The van der Waals surface area contributed by atoms with Crippen LogP contribution in [0.5, 0.6) is 0 Å². The molecule has 1 amide bonds. The molecule has 3 aromatic rings. The van der Waals surface area contributed by atoms with Crippen LogP contribution in [0, 0.1) is 5.92 Å². The van der Waals surface area contributed by atoms with Crippen LogP contribution in [0.1, 0.15) is 36.0 Å². The fourth-order valence-electron chi connectivity index (χ4n) is 3.73. The van der Waals surface area contributed by atoms with Gasteiger partial charge in [0, 0.05) is 28.7 Å². The summed E-state index contributed by atoms with van der Waals surface area (Å²) in [5.41, 5.74) is 1.41. The van der Waals surface area contributed by atoms with Crippen molar-refractivity contribution >= 4 is 29.1 Å². The molecule has 31 heavy (non-hydrogen) atoms. The van der Waals surface area contributed by atoms with Gasteiger partial charge < -0.3 is 15.7 Å². The summed E-state index contributed by atoms with van der Waals surface area (Å²) in [6, 6.07) is 13.6. The third-order valence-electron chi connectivity index (χ3n) is 5.49. The number of rotatable bonds is 6. The van der Waals surface area contributed by atoms with Gasteiger partial charge in [-0.05, 0) is 61.4 Å². The molecule has 8 nitrogen and oxygen atoms in total. The highest BCUT2D eigenvalue weighted by molar-refractivity contribution is 6.30. The second-order valence-corrected chi connectivity index (χ2v) is 8.13. The van der Waals surface area contributed by atoms with Gasteiger partial charge in [0.25, 0.3) is 5.91 Å². The lowest BCUT2D eigenvalue weighted by Crippen LogP contribution is -2.36. The summed E-state index contributed by atoms with van der Waals surface area (Å²) in [6.07, 6.45) is 3.54. The monoisotopic (exact) mass is 441 g/mol. The third-order valence-corrected chi connectivity index (χ3v) is 5.74. The first kappa shape index (κ1) is 21.1. The van der Waals surface area contributed by atoms with Gasteiger partial charge in [0.2, 0.25) is 5.95 Å². The van der Waals surface area contributed by atoms with E-state index in [0.717, 1.165) is 25.7 Å². The molecule has 2 aromatic carbocycles. The van der Waals surface area contributed by atoms with Gasteiger partial charge in [-0.3, -0.25) is 9.78 Å². The first-order chi connectivity index (χ1) is 15.0. The van der Waals surface area contributed by atoms with E-state index in [1.807, 2.05) is 0 Å². The van der Waals surface area contributed by atoms with E-state index in [1.54, 1.807) is 48.5 Å². The zero-order valence-electron chi connectivity index (χ0n) is 16.8. The van der Waals surface area contributed by atoms with E-state index in [-0.39, 0.29) is 29.6 Å². The van der Waals surface area contributed by atoms with E-state index in [1.165, 1.54) is 4.68 Å². The Balaban J connectivity index is 1.37. The molecular formula is C22H24ClN5O3. The lowest BCUT2D eigenvalue weighted by Gasteiger charge is -2.27. The van der Waals surface area contributed by atoms with Crippen LogP contribution in [0.2, 0.25) is 5.02 Å². The predicted molar refractivity (Wildman–Crippen MR) is 119 cm³/mol. The van der Waals surface area contributed by atoms with Crippen molar-refractivity contribution in [3.05, 3.63) is 69.6 Å². The molecule has 0 aliphatic heterocycles. The van der Waals surface area contributed by atoms with E-state index in [9.17, 15) is 14.7 Å². The number of nitrogens with one attached hydrogen (secondary N) is 3. The predicted octanol–water partition coefficient (Wildman–Crippen LogP) is 3.24. The first-order valence-electron chi connectivity index (χ1n) is 10.3. The maximum Gasteiger partial charge on any atom is 0.349 e. The number of carbonyl (C=O) groups excluding carboxylic acids is 1. The average molecular weight is 442 g/mol. The minimum atomic E-state index is -0.384. The molecule has 1 heterocycles. The van der Waals surface area contributed by atoms with Gasteiger partial charge in [-0.15, -0.1) is 5.10 Å². The molecule has 0 bridgehead atoms. The topological polar surface area (TPSA) is 112 Å². The molecule has 9 heteroatoms. The van der Waals surface area contributed by atoms with Crippen LogP contribution in [0.25, 0.3) is 5.69 Å². The van der Waals surface area contributed by atoms with Crippen LogP contribution in [0.3, 0.4) is 0 Å². The van der Waals surface area contributed by atoms with Crippen molar-refractivity contribution in [2.24, 2.45) is 5.92 Å². The number of aromatic amines is 1. The molecule has 0 radical (unpaired) electrons. The SMILES string of the molecule is O=C(NC[C@H]1CCCC[C@H]1O)c1ccc(Nc2nn(-c3ccc(Cl)cc3)c(=O)[nH]2)cc1. The Hall–Kier alpha value is -3.10. The second-order valence-electron chi connectivity index (χ2n) is 7.69. The summed E-state index contributed by atoms with van der Waals surface area (Å²) in [4.78, 5) is 27.2. The van der Waals surface area contributed by atoms with Gasteiger partial charge in [-0.2, -0.15) is 4.68 Å². The van der Waals surface area contributed by atoms with E-state index in [0.29, 0.717) is 28.5 Å². The van der Waals surface area contributed by atoms with Crippen LogP contribution < -0.4 is 16.3 Å². The Morgan fingerprint density at radius 1 is 1.13 bits per heavy atom. The maximum absolute atomic E-state index is 12.4. The largest absolute Gasteiger partial charge is 0.393 e. The molecular weight excluding hydrogens is 418 g/mol. The number of aliphatic hydroxyl groups is 1. The molecule has 2 atom stereocenters. The first-order valence-corrected chi connectivity index (χ1v) is 10.7. The summed E-state index contributed by atoms with van der Waals surface area (Å²) in [6.45, 7) is 0.476. The zero-order valence-corrected chi connectivity index (χ0v) is 17.6. The van der Waals surface area contributed by atoms with Crippen molar-refractivity contribution in [3.63, 3.8) is 0 Å². The van der Waals surface area contributed by atoms with E-state index in [2.05, 4.69) is 20.7 Å². The Morgan fingerprint density at radius 2 is 1.84 bits per heavy atom. The number of aliphatic hydroxyl groups excluding tert-OH is 1. The molecule has 0 spiro atoms. The zero-order chi connectivity index (χ0) is 21.8. The number of halogens is 1. The van der Waals surface area contributed by atoms with Crippen LogP contribution in [0.4, 0.5) is 11.6 Å². The Bertz CT molecular complexity index is 1090. The van der Waals surface area contributed by atoms with Gasteiger partial charge >= 0.3 is 5.69 Å². The second kappa shape index (κ2) is 9.36. The maximum atomic E-state index is 12.4. The minimum Gasteiger partial charge on any atom is -0.393 e. The van der Waals surface area contributed by atoms with Crippen molar-refractivity contribution in [3.8, 4) is 5.69 Å². The highest BCUT2D eigenvalue weighted by atomic mass is 35.5. The quantitative estimate of drug-likeness (QED) is 0.469. The number of carbonyl (C=O) groups is 1. The molecule has 1 aliphatic carbocycles. The van der Waals surface area contributed by atoms with E-state index in [4.69, 9.17) is 11.6 Å². The number of anilines is 2. The van der Waals surface area contributed by atoms with Gasteiger partial charge in [-0.25, -0.2) is 4.79 Å². The highest BCUT2D eigenvalue weighted by Gasteiger charge is 2.23. The molecule has 162 valence electrons. The normalized spacial score (nSPS) is 18.5. The molecule has 0 unspecified atom stereocenters. The smallest absolute Gasteiger partial charge is 0.349 e. The number of nitrogens with zero attached hydrogens (tertiary/aromatic N) is 2. The highest BCUT2D eigenvalue weighted by Crippen LogP contribution is 2.23. The average Bonchev–Trinajstić information content (AvgIpc) is 3.14. The van der Waals surface area contributed by atoms with Crippen molar-refractivity contribution < 1.29 is 9.90 Å². The fraction of sp³-hybridized carbons (Fsp3) is 0.318. The Morgan fingerprint density at radius 3 is 2.55 bits per heavy atom. The van der Waals surface area contributed by atoms with E-state index < -0.39 is 0 Å². The number of hydrogen-bond acceptors (Lipinski definition) is 5. The minimum absolute atomic E-state index is 0.117. The number of H-pyrrole nitrogens is 1. The fourth-order valence-corrected chi connectivity index (χ4v) is 3.86. The molecule has 1 fully saturated rings. The van der Waals surface area contributed by atoms with Gasteiger partial charge in [-0.1, -0.05) is 24.4 Å². The Kier molecular flexibility index (Phi) is 6.39. The van der Waals surface area contributed by atoms with Gasteiger partial charge in [0.15, 0.2) is 0 Å². The van der Waals surface area contributed by atoms with Crippen LogP contribution in [0.15, 0.2) is 53.3 Å². The van der Waals surface area contributed by atoms with Gasteiger partial charge in [0.05, 0.1) is 11.8 Å². The third kappa shape index (κ3) is 5.15. The summed E-state index contributed by atoms with van der Waals surface area (Å²) < 4.78 is 1.24. The van der Waals surface area contributed by atoms with Crippen LogP contribution >= 0.6 is 11.6 Å². The van der Waals surface area contributed by atoms with Crippen molar-refractivity contribution in [2.45, 2.75) is 31.8 Å². The van der Waals surface area contributed by atoms with Gasteiger partial charge in [0.1, 0.15) is 0 Å². The number of amides is 1. The lowest BCUT2D eigenvalue weighted by atomic mass is 9.86. The van der Waals surface area contributed by atoms with Crippen LogP contribution in [-0.2, 0) is 0 Å². The summed E-state index contributed by atoms with van der Waals surface area (Å²) >= 11 is 5.88. The van der Waals surface area contributed by atoms with Crippen LogP contribution in [-0.4, -0.2) is 38.4 Å². The molecule has 1 saturated carbocycles. The number of benzene rings is 2. The van der Waals surface area contributed by atoms with E-state index >= 15 is 0 Å². The van der Waals surface area contributed by atoms with Crippen molar-refractivity contribution in [2.75, 3.05) is 11.9 Å². The molecule has 0 saturated heterocycles. The molecule has 4 N–H and O–H groups in total. The number of aromatic nitrogens is 3. The standard InChI is InChI=1S/C22H24ClN5O3/c23-16-7-11-18(12-8-16)28-22(31)26-21(27-28)25-17-9-5-14(6-10-17)20(30)24-13-15-3-1-2-4-19(15)29/h5-12,15,19,29H,1-4,13H2,(H,24,30)(H2,25,26,27,31)/t15-,19-/m1/s1. The summed E-state index contributed by atoms with van der Waals surface area (Å²) in [5, 5.41) is 20.8.